The molecule has 1 aromatic rings. The summed E-state index contributed by atoms with van der Waals surface area (Å²) in [4.78, 5) is 12.0. The number of methoxy groups -OCH3 is 1. The van der Waals surface area contributed by atoms with Crippen molar-refractivity contribution in [3.8, 4) is 11.5 Å². The molecule has 0 amide bonds. The highest BCUT2D eigenvalue weighted by Gasteiger charge is 2.23. The summed E-state index contributed by atoms with van der Waals surface area (Å²) < 4.78 is 10.9. The molecule has 0 aromatic heterocycles. The summed E-state index contributed by atoms with van der Waals surface area (Å²) in [5, 5.41) is 0. The summed E-state index contributed by atoms with van der Waals surface area (Å²) in [5.74, 6) is 1.80. The zero-order valence-electron chi connectivity index (χ0n) is 11.8. The van der Waals surface area contributed by atoms with Crippen LogP contribution in [0, 0.1) is 5.92 Å². The number of rotatable bonds is 6. The maximum atomic E-state index is 12.0. The van der Waals surface area contributed by atoms with Crippen LogP contribution in [-0.4, -0.2) is 19.5 Å². The van der Waals surface area contributed by atoms with Crippen LogP contribution in [0.3, 0.4) is 0 Å². The molecule has 1 aliphatic carbocycles. The summed E-state index contributed by atoms with van der Waals surface area (Å²) in [6.07, 6.45) is 5.34. The van der Waals surface area contributed by atoms with Crippen molar-refractivity contribution >= 4 is 5.78 Å². The second kappa shape index (κ2) is 6.60. The van der Waals surface area contributed by atoms with Crippen LogP contribution < -0.4 is 9.47 Å². The van der Waals surface area contributed by atoms with Gasteiger partial charge in [-0.05, 0) is 37.0 Å². The number of hydrogen-bond acceptors (Lipinski definition) is 3. The molecule has 0 saturated heterocycles. The summed E-state index contributed by atoms with van der Waals surface area (Å²) in [7, 11) is 1.63. The molecule has 0 bridgehead atoms. The number of Topliss-reactive ketones (excluding diaryl/α,β-unsaturated/α-hetero) is 1. The van der Waals surface area contributed by atoms with Crippen molar-refractivity contribution in [2.75, 3.05) is 13.7 Å². The van der Waals surface area contributed by atoms with E-state index in [1.54, 1.807) is 7.11 Å². The molecular formula is C16H22O3. The Morgan fingerprint density at radius 1 is 1.26 bits per heavy atom. The minimum Gasteiger partial charge on any atom is -0.493 e. The molecule has 1 aliphatic rings. The van der Waals surface area contributed by atoms with E-state index in [4.69, 9.17) is 9.47 Å². The van der Waals surface area contributed by atoms with E-state index >= 15 is 0 Å². The van der Waals surface area contributed by atoms with E-state index in [-0.39, 0.29) is 18.3 Å². The first-order valence-corrected chi connectivity index (χ1v) is 7.07. The van der Waals surface area contributed by atoms with E-state index in [9.17, 15) is 4.79 Å². The number of aryl methyl sites for hydroxylation is 1. The van der Waals surface area contributed by atoms with Crippen molar-refractivity contribution in [2.24, 2.45) is 5.92 Å². The van der Waals surface area contributed by atoms with Crippen molar-refractivity contribution in [1.82, 2.24) is 0 Å². The molecule has 0 aliphatic heterocycles. The maximum Gasteiger partial charge on any atom is 0.173 e. The van der Waals surface area contributed by atoms with Gasteiger partial charge in [-0.15, -0.1) is 0 Å². The topological polar surface area (TPSA) is 35.5 Å². The molecule has 19 heavy (non-hydrogen) atoms. The van der Waals surface area contributed by atoms with Gasteiger partial charge >= 0.3 is 0 Å². The van der Waals surface area contributed by atoms with Gasteiger partial charge in [0, 0.05) is 5.92 Å². The van der Waals surface area contributed by atoms with E-state index in [0.717, 1.165) is 19.3 Å². The molecule has 3 nitrogen and oxygen atoms in total. The number of ether oxygens (including phenoxy) is 2. The van der Waals surface area contributed by atoms with Gasteiger partial charge in [-0.25, -0.2) is 0 Å². The highest BCUT2D eigenvalue weighted by molar-refractivity contribution is 5.82. The van der Waals surface area contributed by atoms with Crippen molar-refractivity contribution in [2.45, 2.75) is 39.0 Å². The van der Waals surface area contributed by atoms with Crippen LogP contribution in [0.15, 0.2) is 18.2 Å². The van der Waals surface area contributed by atoms with E-state index in [0.29, 0.717) is 11.5 Å². The van der Waals surface area contributed by atoms with Crippen molar-refractivity contribution < 1.29 is 14.3 Å². The number of benzene rings is 1. The minimum atomic E-state index is 0.159. The fourth-order valence-electron chi connectivity index (χ4n) is 2.57. The fraction of sp³-hybridized carbons (Fsp3) is 0.562. The van der Waals surface area contributed by atoms with Gasteiger partial charge in [0.15, 0.2) is 17.3 Å². The number of carbonyl (C=O) groups is 1. The van der Waals surface area contributed by atoms with Crippen LogP contribution in [0.25, 0.3) is 0 Å². The summed E-state index contributed by atoms with van der Waals surface area (Å²) >= 11 is 0. The number of carbonyl (C=O) groups excluding carboxylic acids is 1. The summed E-state index contributed by atoms with van der Waals surface area (Å²) in [6, 6.07) is 5.87. The molecule has 0 atom stereocenters. The van der Waals surface area contributed by atoms with Crippen LogP contribution >= 0.6 is 0 Å². The molecule has 2 rings (SSSR count). The van der Waals surface area contributed by atoms with Crippen LogP contribution in [0.4, 0.5) is 0 Å². The SMILES string of the molecule is CCc1ccc(OCC(=O)C2CCCC2)c(OC)c1. The Morgan fingerprint density at radius 2 is 2.00 bits per heavy atom. The third-order valence-corrected chi connectivity index (χ3v) is 3.82. The van der Waals surface area contributed by atoms with Crippen molar-refractivity contribution in [3.05, 3.63) is 23.8 Å². The van der Waals surface area contributed by atoms with E-state index in [1.807, 2.05) is 18.2 Å². The van der Waals surface area contributed by atoms with Gasteiger partial charge in [0.05, 0.1) is 7.11 Å². The Labute approximate surface area is 114 Å². The molecule has 0 radical (unpaired) electrons. The lowest BCUT2D eigenvalue weighted by Crippen LogP contribution is -2.19. The molecule has 1 fully saturated rings. The predicted octanol–water partition coefficient (Wildman–Crippen LogP) is 3.40. The normalized spacial score (nSPS) is 15.5. The average Bonchev–Trinajstić information content (AvgIpc) is 2.98. The van der Waals surface area contributed by atoms with Gasteiger partial charge in [0.2, 0.25) is 0 Å². The van der Waals surface area contributed by atoms with Gasteiger partial charge in [0.1, 0.15) is 6.61 Å². The number of ketones is 1. The first-order chi connectivity index (χ1) is 9.24. The highest BCUT2D eigenvalue weighted by atomic mass is 16.5. The molecule has 0 unspecified atom stereocenters. The molecule has 3 heteroatoms. The Balaban J connectivity index is 1.96. The fourth-order valence-corrected chi connectivity index (χ4v) is 2.57. The third-order valence-electron chi connectivity index (χ3n) is 3.82. The quantitative estimate of drug-likeness (QED) is 0.788. The van der Waals surface area contributed by atoms with E-state index in [1.165, 1.54) is 18.4 Å². The molecule has 104 valence electrons. The molecule has 0 heterocycles. The van der Waals surface area contributed by atoms with E-state index < -0.39 is 0 Å². The molecule has 1 saturated carbocycles. The average molecular weight is 262 g/mol. The Bertz CT molecular complexity index is 434. The standard InChI is InChI=1S/C16H22O3/c1-3-12-8-9-15(16(10-12)18-2)19-11-14(17)13-6-4-5-7-13/h8-10,13H,3-7,11H2,1-2H3. The second-order valence-electron chi connectivity index (χ2n) is 5.08. The Hall–Kier alpha value is -1.51. The highest BCUT2D eigenvalue weighted by Crippen LogP contribution is 2.29. The van der Waals surface area contributed by atoms with Gasteiger partial charge in [-0.1, -0.05) is 25.8 Å². The van der Waals surface area contributed by atoms with Gasteiger partial charge < -0.3 is 9.47 Å². The lowest BCUT2D eigenvalue weighted by molar-refractivity contribution is -0.124. The molecule has 0 spiro atoms. The first kappa shape index (κ1) is 13.9. The lowest BCUT2D eigenvalue weighted by Gasteiger charge is -2.13. The lowest BCUT2D eigenvalue weighted by atomic mass is 10.0. The monoisotopic (exact) mass is 262 g/mol. The zero-order valence-corrected chi connectivity index (χ0v) is 11.8. The van der Waals surface area contributed by atoms with Crippen LogP contribution in [0.5, 0.6) is 11.5 Å². The van der Waals surface area contributed by atoms with Crippen molar-refractivity contribution in [3.63, 3.8) is 0 Å². The predicted molar refractivity (Wildman–Crippen MR) is 74.8 cm³/mol. The third kappa shape index (κ3) is 3.49. The summed E-state index contributed by atoms with van der Waals surface area (Å²) in [6.45, 7) is 2.26. The Kier molecular flexibility index (Phi) is 4.83. The van der Waals surface area contributed by atoms with Gasteiger partial charge in [-0.2, -0.15) is 0 Å². The Morgan fingerprint density at radius 3 is 2.63 bits per heavy atom. The van der Waals surface area contributed by atoms with Crippen LogP contribution in [0.1, 0.15) is 38.2 Å². The molecule has 0 N–H and O–H groups in total. The number of hydrogen-bond donors (Lipinski definition) is 0. The largest absolute Gasteiger partial charge is 0.493 e. The van der Waals surface area contributed by atoms with Crippen LogP contribution in [0.2, 0.25) is 0 Å². The zero-order chi connectivity index (χ0) is 13.7. The molecular weight excluding hydrogens is 240 g/mol. The van der Waals surface area contributed by atoms with Crippen LogP contribution in [-0.2, 0) is 11.2 Å². The van der Waals surface area contributed by atoms with Crippen molar-refractivity contribution in [1.29, 1.82) is 0 Å². The summed E-state index contributed by atoms with van der Waals surface area (Å²) in [5.41, 5.74) is 1.20. The van der Waals surface area contributed by atoms with Gasteiger partial charge in [0.25, 0.3) is 0 Å². The van der Waals surface area contributed by atoms with Gasteiger partial charge in [-0.3, -0.25) is 4.79 Å². The first-order valence-electron chi connectivity index (χ1n) is 7.07. The second-order valence-corrected chi connectivity index (χ2v) is 5.08. The van der Waals surface area contributed by atoms with E-state index in [2.05, 4.69) is 6.92 Å². The smallest absolute Gasteiger partial charge is 0.173 e. The minimum absolute atomic E-state index is 0.159. The molecule has 1 aromatic carbocycles. The maximum absolute atomic E-state index is 12.0.